The Kier molecular flexibility index (Phi) is 13.2. The van der Waals surface area contributed by atoms with Gasteiger partial charge in [-0.15, -0.1) is 0 Å². The van der Waals surface area contributed by atoms with Crippen LogP contribution in [0.15, 0.2) is 66.7 Å². The molecule has 2 aromatic rings. The minimum absolute atomic E-state index is 0.00615. The SMILES string of the molecule is C[C@@H]1C(=O)NC(C(=O)O)CCC(=O)N(C)CC(=O)N[C@@H](C(=O)O)CC(=O)N[C@@H](Cc2ccccc2)C(=O)N[C@H]1/C=C/c1ccccc1. The summed E-state index contributed by atoms with van der Waals surface area (Å²) in [6.07, 6.45) is 1.89. The smallest absolute Gasteiger partial charge is 0.326 e. The van der Waals surface area contributed by atoms with Crippen molar-refractivity contribution in [2.75, 3.05) is 13.6 Å². The lowest BCUT2D eigenvalue weighted by molar-refractivity contribution is -0.144. The molecule has 0 aromatic heterocycles. The number of carbonyl (C=O) groups excluding carboxylic acids is 5. The van der Waals surface area contributed by atoms with E-state index >= 15 is 0 Å². The maximum absolute atomic E-state index is 13.8. The fourth-order valence-electron chi connectivity index (χ4n) is 4.81. The number of likely N-dealkylation sites (N-methyl/N-ethyl adjacent to an activating group) is 1. The third-order valence-electron chi connectivity index (χ3n) is 7.58. The number of hydrogen-bond acceptors (Lipinski definition) is 7. The summed E-state index contributed by atoms with van der Waals surface area (Å²) in [4.78, 5) is 90.5. The number of nitrogens with one attached hydrogen (secondary N) is 4. The molecule has 1 fully saturated rings. The number of carboxylic acids is 2. The van der Waals surface area contributed by atoms with Gasteiger partial charge in [-0.05, 0) is 17.5 Å². The second kappa shape index (κ2) is 17.2. The number of nitrogens with zero attached hydrogens (tertiary/aromatic N) is 1. The molecule has 1 heterocycles. The zero-order chi connectivity index (χ0) is 34.5. The van der Waals surface area contributed by atoms with E-state index in [1.54, 1.807) is 66.7 Å². The summed E-state index contributed by atoms with van der Waals surface area (Å²) in [5.41, 5.74) is 1.43. The van der Waals surface area contributed by atoms with Crippen molar-refractivity contribution >= 4 is 47.6 Å². The van der Waals surface area contributed by atoms with Crippen molar-refractivity contribution in [2.45, 2.75) is 56.8 Å². The lowest BCUT2D eigenvalue weighted by atomic mass is 9.97. The van der Waals surface area contributed by atoms with Crippen LogP contribution in [0.1, 0.15) is 37.3 Å². The summed E-state index contributed by atoms with van der Waals surface area (Å²) in [6, 6.07) is 12.4. The minimum atomic E-state index is -1.67. The Morgan fingerprint density at radius 1 is 0.809 bits per heavy atom. The maximum atomic E-state index is 13.8. The summed E-state index contributed by atoms with van der Waals surface area (Å²) in [7, 11) is 1.28. The highest BCUT2D eigenvalue weighted by Gasteiger charge is 2.32. The normalized spacial score (nSPS) is 24.2. The molecule has 5 amide bonds. The summed E-state index contributed by atoms with van der Waals surface area (Å²) in [5, 5.41) is 29.5. The van der Waals surface area contributed by atoms with E-state index < -0.39 is 84.5 Å². The first kappa shape index (κ1) is 35.9. The van der Waals surface area contributed by atoms with Crippen LogP contribution >= 0.6 is 0 Å². The van der Waals surface area contributed by atoms with Gasteiger partial charge in [0, 0.05) is 19.9 Å². The summed E-state index contributed by atoms with van der Waals surface area (Å²) in [5.74, 6) is -7.67. The highest BCUT2D eigenvalue weighted by atomic mass is 16.4. The van der Waals surface area contributed by atoms with Gasteiger partial charge in [-0.25, -0.2) is 9.59 Å². The second-order valence-corrected chi connectivity index (χ2v) is 11.3. The number of rotatable bonds is 6. The van der Waals surface area contributed by atoms with Crippen molar-refractivity contribution < 1.29 is 43.8 Å². The number of amides is 5. The van der Waals surface area contributed by atoms with E-state index in [-0.39, 0.29) is 19.3 Å². The number of hydrogen-bond donors (Lipinski definition) is 6. The Labute approximate surface area is 271 Å². The monoisotopic (exact) mass is 649 g/mol. The van der Waals surface area contributed by atoms with Gasteiger partial charge in [-0.2, -0.15) is 0 Å². The Hall–Kier alpha value is -5.53. The molecule has 14 nitrogen and oxygen atoms in total. The molecule has 3 rings (SSSR count). The molecule has 1 unspecified atom stereocenters. The quantitative estimate of drug-likeness (QED) is 0.254. The molecule has 14 heteroatoms. The highest BCUT2D eigenvalue weighted by Crippen LogP contribution is 2.13. The van der Waals surface area contributed by atoms with Gasteiger partial charge in [-0.3, -0.25) is 24.0 Å². The molecule has 2 aromatic carbocycles. The van der Waals surface area contributed by atoms with Crippen molar-refractivity contribution in [1.82, 2.24) is 26.2 Å². The van der Waals surface area contributed by atoms with E-state index in [1.807, 2.05) is 6.07 Å². The topological polar surface area (TPSA) is 211 Å². The van der Waals surface area contributed by atoms with Crippen LogP contribution in [-0.4, -0.2) is 94.3 Å². The van der Waals surface area contributed by atoms with Crippen molar-refractivity contribution in [1.29, 1.82) is 0 Å². The van der Waals surface area contributed by atoms with Crippen LogP contribution in [0.5, 0.6) is 0 Å². The second-order valence-electron chi connectivity index (χ2n) is 11.3. The van der Waals surface area contributed by atoms with E-state index in [0.29, 0.717) is 5.56 Å². The van der Waals surface area contributed by atoms with Gasteiger partial charge in [0.1, 0.15) is 18.1 Å². The van der Waals surface area contributed by atoms with Gasteiger partial charge in [-0.1, -0.05) is 79.7 Å². The molecular formula is C33H39N5O9. The Morgan fingerprint density at radius 2 is 1.43 bits per heavy atom. The van der Waals surface area contributed by atoms with Gasteiger partial charge in [0.25, 0.3) is 0 Å². The fourth-order valence-corrected chi connectivity index (χ4v) is 4.81. The van der Waals surface area contributed by atoms with Gasteiger partial charge in [0.05, 0.1) is 24.9 Å². The Balaban J connectivity index is 2.01. The minimum Gasteiger partial charge on any atom is -0.480 e. The zero-order valence-corrected chi connectivity index (χ0v) is 26.0. The first-order valence-electron chi connectivity index (χ1n) is 15.0. The van der Waals surface area contributed by atoms with Crippen LogP contribution in [0.2, 0.25) is 0 Å². The average Bonchev–Trinajstić information content (AvgIpc) is 3.03. The van der Waals surface area contributed by atoms with Gasteiger partial charge in [0.2, 0.25) is 29.5 Å². The first-order chi connectivity index (χ1) is 22.3. The van der Waals surface area contributed by atoms with Crippen molar-refractivity contribution in [3.8, 4) is 0 Å². The summed E-state index contributed by atoms with van der Waals surface area (Å²) < 4.78 is 0. The summed E-state index contributed by atoms with van der Waals surface area (Å²) in [6.45, 7) is 0.926. The van der Waals surface area contributed by atoms with Gasteiger partial charge < -0.3 is 36.4 Å². The number of carbonyl (C=O) groups is 7. The fraction of sp³-hybridized carbons (Fsp3) is 0.364. The first-order valence-corrected chi connectivity index (χ1v) is 15.0. The molecule has 6 N–H and O–H groups in total. The molecule has 1 aliphatic heterocycles. The van der Waals surface area contributed by atoms with Crippen LogP contribution < -0.4 is 21.3 Å². The molecule has 0 bridgehead atoms. The summed E-state index contributed by atoms with van der Waals surface area (Å²) >= 11 is 0. The molecular weight excluding hydrogens is 610 g/mol. The molecule has 0 aliphatic carbocycles. The van der Waals surface area contributed by atoms with Crippen LogP contribution in [0.3, 0.4) is 0 Å². The van der Waals surface area contributed by atoms with Gasteiger partial charge in [0.15, 0.2) is 0 Å². The lowest BCUT2D eigenvalue weighted by Crippen LogP contribution is -2.55. The molecule has 1 saturated heterocycles. The van der Waals surface area contributed by atoms with Crippen LogP contribution in [0.25, 0.3) is 6.08 Å². The van der Waals surface area contributed by atoms with E-state index in [4.69, 9.17) is 0 Å². The van der Waals surface area contributed by atoms with Crippen LogP contribution in [-0.2, 0) is 40.0 Å². The van der Waals surface area contributed by atoms with Crippen LogP contribution in [0.4, 0.5) is 0 Å². The van der Waals surface area contributed by atoms with Crippen molar-refractivity contribution in [2.24, 2.45) is 5.92 Å². The lowest BCUT2D eigenvalue weighted by Gasteiger charge is -2.27. The van der Waals surface area contributed by atoms with Crippen LogP contribution in [0, 0.1) is 5.92 Å². The van der Waals surface area contributed by atoms with E-state index in [0.717, 1.165) is 10.5 Å². The third kappa shape index (κ3) is 11.4. The van der Waals surface area contributed by atoms with Crippen molar-refractivity contribution in [3.05, 3.63) is 77.9 Å². The zero-order valence-electron chi connectivity index (χ0n) is 26.0. The Morgan fingerprint density at radius 3 is 2.04 bits per heavy atom. The molecule has 0 saturated carbocycles. The predicted octanol–water partition coefficient (Wildman–Crippen LogP) is 0.329. The van der Waals surface area contributed by atoms with Gasteiger partial charge >= 0.3 is 11.9 Å². The Bertz CT molecular complexity index is 1480. The van der Waals surface area contributed by atoms with E-state index in [1.165, 1.54) is 14.0 Å². The number of carboxylic acid groups (broad SMARTS) is 2. The molecule has 47 heavy (non-hydrogen) atoms. The predicted molar refractivity (Wildman–Crippen MR) is 169 cm³/mol. The van der Waals surface area contributed by atoms with E-state index in [2.05, 4.69) is 21.3 Å². The average molecular weight is 650 g/mol. The number of benzene rings is 2. The maximum Gasteiger partial charge on any atom is 0.326 e. The molecule has 5 atom stereocenters. The highest BCUT2D eigenvalue weighted by molar-refractivity contribution is 5.93. The molecule has 250 valence electrons. The van der Waals surface area contributed by atoms with Crippen molar-refractivity contribution in [3.63, 3.8) is 0 Å². The standard InChI is InChI=1S/C33H39N5O9/c1-20-23(14-13-21-9-5-3-6-10-21)36-31(43)25(17-22-11-7-4-8-12-22)34-27(39)18-26(33(46)47)35-28(40)19-38(2)29(41)16-15-24(32(44)45)37-30(20)42/h3-14,20,23-26H,15-19H2,1-2H3,(H,34,39)(H,35,40)(H,36,43)(H,37,42)(H,44,45)(H,46,47)/b14-13+/t20-,23-,24?,25-,26+/m0/s1. The molecule has 1 aliphatic rings. The molecule has 0 radical (unpaired) electrons. The number of aliphatic carboxylic acids is 2. The third-order valence-corrected chi connectivity index (χ3v) is 7.58. The largest absolute Gasteiger partial charge is 0.480 e. The van der Waals surface area contributed by atoms with E-state index in [9.17, 15) is 43.8 Å². The molecule has 0 spiro atoms.